The Bertz CT molecular complexity index is 306. The molecule has 1 unspecified atom stereocenters. The first-order chi connectivity index (χ1) is 8.34. The van der Waals surface area contributed by atoms with Crippen LogP contribution < -0.4 is 21.3 Å². The van der Waals surface area contributed by atoms with Crippen LogP contribution in [0.25, 0.3) is 0 Å². The van der Waals surface area contributed by atoms with Gasteiger partial charge in [0.25, 0.3) is 0 Å². The zero-order valence-electron chi connectivity index (χ0n) is 10.5. The van der Waals surface area contributed by atoms with Gasteiger partial charge in [0.2, 0.25) is 0 Å². The van der Waals surface area contributed by atoms with Crippen molar-refractivity contribution >= 4 is 55.6 Å². The third-order valence-electron chi connectivity index (χ3n) is 2.32. The summed E-state index contributed by atoms with van der Waals surface area (Å²) < 4.78 is 0. The summed E-state index contributed by atoms with van der Waals surface area (Å²) in [5.74, 6) is -3.47. The van der Waals surface area contributed by atoms with Gasteiger partial charge in [-0.2, -0.15) is 0 Å². The van der Waals surface area contributed by atoms with E-state index in [1.165, 1.54) is 0 Å². The molecule has 19 heavy (non-hydrogen) atoms. The Hall–Kier alpha value is -0.410. The van der Waals surface area contributed by atoms with Crippen LogP contribution in [-0.4, -0.2) is 79.4 Å². The molecule has 0 spiro atoms. The molecule has 1 saturated heterocycles. The number of rotatable bonds is 5. The Morgan fingerprint density at radius 1 is 1.37 bits per heavy atom. The molecule has 104 valence electrons. The molecular weight excluding hydrogens is 284 g/mol. The molecule has 9 heteroatoms. The molecule has 0 aromatic carbocycles. The van der Waals surface area contributed by atoms with Crippen LogP contribution in [0.4, 0.5) is 0 Å². The summed E-state index contributed by atoms with van der Waals surface area (Å²) in [6.07, 6.45) is 1.28. The quantitative estimate of drug-likeness (QED) is 0.434. The molecule has 8 nitrogen and oxygen atoms in total. The van der Waals surface area contributed by atoms with Crippen molar-refractivity contribution in [3.63, 3.8) is 0 Å². The van der Waals surface area contributed by atoms with Crippen molar-refractivity contribution in [3.05, 3.63) is 0 Å². The van der Waals surface area contributed by atoms with Gasteiger partial charge in [-0.1, -0.05) is 0 Å². The van der Waals surface area contributed by atoms with Gasteiger partial charge in [0, 0.05) is 12.0 Å². The van der Waals surface area contributed by atoms with Crippen LogP contribution in [0, 0.1) is 0 Å². The molecule has 0 aromatic rings. The number of hydrogen-bond acceptors (Lipinski definition) is 7. The van der Waals surface area contributed by atoms with Crippen molar-refractivity contribution in [2.75, 3.05) is 6.54 Å². The first kappa shape index (κ1) is 20.9. The van der Waals surface area contributed by atoms with Crippen LogP contribution in [-0.2, 0) is 14.4 Å². The minimum Gasteiger partial charge on any atom is -0.550 e. The summed E-state index contributed by atoms with van der Waals surface area (Å²) in [5, 5.41) is 30.8. The van der Waals surface area contributed by atoms with Crippen LogP contribution in [0.5, 0.6) is 0 Å². The van der Waals surface area contributed by atoms with Crippen LogP contribution in [0.2, 0.25) is 0 Å². The van der Waals surface area contributed by atoms with Crippen molar-refractivity contribution in [2.45, 2.75) is 37.8 Å². The topological polar surface area (TPSA) is 156 Å². The third-order valence-corrected chi connectivity index (χ3v) is 2.32. The molecule has 0 aromatic heterocycles. The van der Waals surface area contributed by atoms with Gasteiger partial charge in [-0.05, 0) is 32.2 Å². The van der Waals surface area contributed by atoms with Gasteiger partial charge in [0.05, 0.1) is 5.97 Å². The van der Waals surface area contributed by atoms with E-state index in [1.54, 1.807) is 0 Å². The zero-order chi connectivity index (χ0) is 14.1. The van der Waals surface area contributed by atoms with E-state index >= 15 is 0 Å². The number of carbonyl (C=O) groups is 3. The molecule has 1 heterocycles. The fourth-order valence-electron chi connectivity index (χ4n) is 1.29. The maximum absolute atomic E-state index is 10.1. The van der Waals surface area contributed by atoms with Gasteiger partial charge in [0.15, 0.2) is 0 Å². The van der Waals surface area contributed by atoms with E-state index in [-0.39, 0.29) is 56.6 Å². The summed E-state index contributed by atoms with van der Waals surface area (Å²) in [7, 11) is 0. The number of carboxylic acid groups (broad SMARTS) is 3. The van der Waals surface area contributed by atoms with Crippen LogP contribution in [0.1, 0.15) is 25.7 Å². The van der Waals surface area contributed by atoms with E-state index in [1.807, 2.05) is 0 Å². The van der Waals surface area contributed by atoms with Crippen molar-refractivity contribution in [1.82, 2.24) is 5.32 Å². The molecule has 1 aliphatic rings. The van der Waals surface area contributed by atoms with E-state index in [9.17, 15) is 24.6 Å². The molecule has 1 aliphatic heterocycles. The van der Waals surface area contributed by atoms with Gasteiger partial charge in [-0.15, -0.1) is 0 Å². The molecule has 1 fully saturated rings. The Morgan fingerprint density at radius 3 is 2.21 bits per heavy atom. The van der Waals surface area contributed by atoms with Gasteiger partial charge < -0.3 is 36.0 Å². The predicted octanol–water partition coefficient (Wildman–Crippen LogP) is -3.96. The standard InChI is InChI=1S/C5H9NO4.C5H9NO2.Ca/c6-3(5(9)10)1-2-4(7)8;7-5(8)4-2-1-3-6-4;/h3H,1-2,6H2,(H,7,8)(H,9,10);4,6H,1-3H2,(H,7,8);/q;;+2/p-2/t;4-;/m.0./s1. The normalized spacial score (nSPS) is 18.5. The molecule has 0 radical (unpaired) electrons. The van der Waals surface area contributed by atoms with Gasteiger partial charge in [0.1, 0.15) is 6.04 Å². The molecule has 2 atom stereocenters. The predicted molar refractivity (Wildman–Crippen MR) is 61.6 cm³/mol. The van der Waals surface area contributed by atoms with E-state index in [0.29, 0.717) is 0 Å². The summed E-state index contributed by atoms with van der Waals surface area (Å²) >= 11 is 0. The fraction of sp³-hybridized carbons (Fsp3) is 0.700. The molecule has 4 N–H and O–H groups in total. The second-order valence-corrected chi connectivity index (χ2v) is 3.82. The average molecular weight is 300 g/mol. The Kier molecular flexibility index (Phi) is 12.6. The first-order valence-electron chi connectivity index (χ1n) is 5.47. The number of carbonyl (C=O) groups excluding carboxylic acids is 2. The second kappa shape index (κ2) is 11.4. The first-order valence-corrected chi connectivity index (χ1v) is 5.47. The summed E-state index contributed by atoms with van der Waals surface area (Å²) in [4.78, 5) is 29.7. The number of aliphatic carboxylic acids is 3. The largest absolute Gasteiger partial charge is 2.00 e. The molecule has 0 aliphatic carbocycles. The number of hydrogen-bond donors (Lipinski definition) is 3. The van der Waals surface area contributed by atoms with Crippen LogP contribution in [0.3, 0.4) is 0 Å². The summed E-state index contributed by atoms with van der Waals surface area (Å²) in [6.45, 7) is 0.858. The molecular formula is C10H16CaN2O6. The molecule has 0 amide bonds. The average Bonchev–Trinajstić information content (AvgIpc) is 2.79. The van der Waals surface area contributed by atoms with Gasteiger partial charge >= 0.3 is 43.7 Å². The van der Waals surface area contributed by atoms with Crippen LogP contribution in [0.15, 0.2) is 0 Å². The van der Waals surface area contributed by atoms with Crippen molar-refractivity contribution in [1.29, 1.82) is 0 Å². The maximum Gasteiger partial charge on any atom is 2.00 e. The Morgan fingerprint density at radius 2 is 1.95 bits per heavy atom. The smallest absolute Gasteiger partial charge is 0.550 e. The maximum atomic E-state index is 10.1. The summed E-state index contributed by atoms with van der Waals surface area (Å²) in [6, 6.07) is -1.48. The monoisotopic (exact) mass is 300 g/mol. The van der Waals surface area contributed by atoms with E-state index in [2.05, 4.69) is 5.32 Å². The fourth-order valence-corrected chi connectivity index (χ4v) is 1.29. The minimum atomic E-state index is -1.44. The SMILES string of the molecule is NC(CCC(=O)[O-])C(=O)[O-].O=C(O)[C@@H]1CCCN1.[Ca+2]. The van der Waals surface area contributed by atoms with Crippen LogP contribution >= 0.6 is 0 Å². The zero-order valence-corrected chi connectivity index (χ0v) is 12.7. The van der Waals surface area contributed by atoms with Crippen molar-refractivity contribution in [3.8, 4) is 0 Å². The second-order valence-electron chi connectivity index (χ2n) is 3.82. The third kappa shape index (κ3) is 11.1. The summed E-state index contributed by atoms with van der Waals surface area (Å²) in [5.41, 5.74) is 4.91. The Labute approximate surface area is 140 Å². The number of carboxylic acids is 3. The van der Waals surface area contributed by atoms with Gasteiger partial charge in [-0.25, -0.2) is 0 Å². The number of nitrogens with one attached hydrogen (secondary N) is 1. The Balaban J connectivity index is 0. The molecule has 1 rings (SSSR count). The van der Waals surface area contributed by atoms with E-state index in [0.717, 1.165) is 19.4 Å². The van der Waals surface area contributed by atoms with Crippen molar-refractivity contribution < 1.29 is 29.7 Å². The number of nitrogens with two attached hydrogens (primary N) is 1. The van der Waals surface area contributed by atoms with E-state index in [4.69, 9.17) is 10.8 Å². The van der Waals surface area contributed by atoms with Gasteiger partial charge in [-0.3, -0.25) is 4.79 Å². The van der Waals surface area contributed by atoms with E-state index < -0.39 is 23.9 Å². The minimum absolute atomic E-state index is 0. The molecule has 0 bridgehead atoms. The van der Waals surface area contributed by atoms with Crippen molar-refractivity contribution in [2.24, 2.45) is 5.73 Å². The molecule has 0 saturated carbocycles.